The van der Waals surface area contributed by atoms with E-state index in [4.69, 9.17) is 9.47 Å². The van der Waals surface area contributed by atoms with E-state index in [-0.39, 0.29) is 18.6 Å². The van der Waals surface area contributed by atoms with Crippen LogP contribution in [0, 0.1) is 0 Å². The molecular weight excluding hydrogens is 364 g/mol. The van der Waals surface area contributed by atoms with Crippen molar-refractivity contribution in [1.82, 2.24) is 10.2 Å². The molecule has 1 aliphatic heterocycles. The highest BCUT2D eigenvalue weighted by molar-refractivity contribution is 5.77. The number of methoxy groups -OCH3 is 1. The van der Waals surface area contributed by atoms with E-state index < -0.39 is 0 Å². The average molecular weight is 397 g/mol. The van der Waals surface area contributed by atoms with Crippen LogP contribution in [0.15, 0.2) is 48.5 Å². The first-order valence-corrected chi connectivity index (χ1v) is 10.4. The molecule has 0 aromatic heterocycles. The summed E-state index contributed by atoms with van der Waals surface area (Å²) in [6.07, 6.45) is 2.38. The van der Waals surface area contributed by atoms with Gasteiger partial charge in [0.15, 0.2) is 6.61 Å². The zero-order chi connectivity index (χ0) is 20.6. The second kappa shape index (κ2) is 10.3. The van der Waals surface area contributed by atoms with Gasteiger partial charge in [-0.1, -0.05) is 44.2 Å². The number of nitrogens with one attached hydrogen (secondary N) is 1. The van der Waals surface area contributed by atoms with Gasteiger partial charge in [0.2, 0.25) is 0 Å². The number of likely N-dealkylation sites (tertiary alicyclic amines) is 1. The molecule has 0 radical (unpaired) electrons. The van der Waals surface area contributed by atoms with Crippen molar-refractivity contribution >= 4 is 5.91 Å². The number of hydrogen-bond donors (Lipinski definition) is 1. The molecule has 0 aliphatic carbocycles. The monoisotopic (exact) mass is 396 g/mol. The van der Waals surface area contributed by atoms with Gasteiger partial charge in [-0.05, 0) is 55.6 Å². The second-order valence-electron chi connectivity index (χ2n) is 7.82. The van der Waals surface area contributed by atoms with Gasteiger partial charge in [0.1, 0.15) is 11.5 Å². The summed E-state index contributed by atoms with van der Waals surface area (Å²) in [5, 5.41) is 3.06. The lowest BCUT2D eigenvalue weighted by Gasteiger charge is -2.29. The predicted molar refractivity (Wildman–Crippen MR) is 116 cm³/mol. The fourth-order valence-electron chi connectivity index (χ4n) is 3.80. The molecule has 156 valence electrons. The Morgan fingerprint density at radius 1 is 1.10 bits per heavy atom. The number of nitrogens with zero attached hydrogens (tertiary/aromatic N) is 1. The number of amides is 1. The van der Waals surface area contributed by atoms with E-state index in [2.05, 4.69) is 36.2 Å². The first-order chi connectivity index (χ1) is 14.1. The van der Waals surface area contributed by atoms with Crippen molar-refractivity contribution in [2.24, 2.45) is 0 Å². The Morgan fingerprint density at radius 3 is 2.59 bits per heavy atom. The van der Waals surface area contributed by atoms with Gasteiger partial charge in [0.05, 0.1) is 13.2 Å². The van der Waals surface area contributed by atoms with E-state index in [0.29, 0.717) is 12.5 Å². The minimum atomic E-state index is -0.112. The van der Waals surface area contributed by atoms with Gasteiger partial charge in [-0.15, -0.1) is 0 Å². The molecule has 0 saturated carbocycles. The van der Waals surface area contributed by atoms with Gasteiger partial charge in [-0.25, -0.2) is 0 Å². The summed E-state index contributed by atoms with van der Waals surface area (Å²) in [5.41, 5.74) is 2.32. The second-order valence-corrected chi connectivity index (χ2v) is 7.82. The maximum atomic E-state index is 12.5. The molecule has 5 nitrogen and oxygen atoms in total. The fourth-order valence-corrected chi connectivity index (χ4v) is 3.80. The van der Waals surface area contributed by atoms with E-state index in [1.807, 2.05) is 36.4 Å². The predicted octanol–water partition coefficient (Wildman–Crippen LogP) is 4.15. The lowest BCUT2D eigenvalue weighted by atomic mass is 10.0. The van der Waals surface area contributed by atoms with E-state index >= 15 is 0 Å². The average Bonchev–Trinajstić information content (AvgIpc) is 3.27. The van der Waals surface area contributed by atoms with Gasteiger partial charge >= 0.3 is 0 Å². The summed E-state index contributed by atoms with van der Waals surface area (Å²) in [4.78, 5) is 14.9. The molecule has 2 aromatic carbocycles. The third-order valence-corrected chi connectivity index (χ3v) is 5.47. The van der Waals surface area contributed by atoms with E-state index in [1.165, 1.54) is 18.4 Å². The molecule has 29 heavy (non-hydrogen) atoms. The smallest absolute Gasteiger partial charge is 0.258 e. The van der Waals surface area contributed by atoms with Crippen LogP contribution >= 0.6 is 0 Å². The van der Waals surface area contributed by atoms with Crippen LogP contribution in [0.5, 0.6) is 11.5 Å². The maximum absolute atomic E-state index is 12.5. The Kier molecular flexibility index (Phi) is 7.53. The molecule has 0 spiro atoms. The molecule has 1 atom stereocenters. The Hall–Kier alpha value is -2.53. The first kappa shape index (κ1) is 21.2. The van der Waals surface area contributed by atoms with Crippen LogP contribution < -0.4 is 14.8 Å². The van der Waals surface area contributed by atoms with Gasteiger partial charge in [0.25, 0.3) is 5.91 Å². The molecule has 1 saturated heterocycles. The highest BCUT2D eigenvalue weighted by Gasteiger charge is 2.26. The van der Waals surface area contributed by atoms with Gasteiger partial charge < -0.3 is 14.8 Å². The SMILES string of the molecule is COc1ccccc1C(CNC(=O)COc1cccc(C(C)C)c1)N1CCCC1. The van der Waals surface area contributed by atoms with Crippen molar-refractivity contribution < 1.29 is 14.3 Å². The van der Waals surface area contributed by atoms with Crippen molar-refractivity contribution in [3.63, 3.8) is 0 Å². The minimum Gasteiger partial charge on any atom is -0.496 e. The minimum absolute atomic E-state index is 0.0141. The summed E-state index contributed by atoms with van der Waals surface area (Å²) < 4.78 is 11.3. The Labute approximate surface area is 174 Å². The fraction of sp³-hybridized carbons (Fsp3) is 0.458. The third-order valence-electron chi connectivity index (χ3n) is 5.47. The highest BCUT2D eigenvalue weighted by atomic mass is 16.5. The van der Waals surface area contributed by atoms with Crippen LogP contribution in [-0.2, 0) is 4.79 Å². The molecule has 3 rings (SSSR count). The lowest BCUT2D eigenvalue weighted by Crippen LogP contribution is -2.38. The topological polar surface area (TPSA) is 50.8 Å². The zero-order valence-electron chi connectivity index (χ0n) is 17.7. The van der Waals surface area contributed by atoms with Gasteiger partial charge in [0, 0.05) is 12.1 Å². The van der Waals surface area contributed by atoms with Crippen molar-refractivity contribution in [2.75, 3.05) is 33.4 Å². The zero-order valence-corrected chi connectivity index (χ0v) is 17.7. The summed E-state index contributed by atoms with van der Waals surface area (Å²) in [5.74, 6) is 1.90. The quantitative estimate of drug-likeness (QED) is 0.692. The number of carbonyl (C=O) groups excluding carboxylic acids is 1. The lowest BCUT2D eigenvalue weighted by molar-refractivity contribution is -0.123. The molecule has 2 aromatic rings. The number of carbonyl (C=O) groups is 1. The summed E-state index contributed by atoms with van der Waals surface area (Å²) in [7, 11) is 1.69. The number of ether oxygens (including phenoxy) is 2. The Bertz CT molecular complexity index is 800. The third kappa shape index (κ3) is 5.73. The van der Waals surface area contributed by atoms with Crippen LogP contribution in [0.4, 0.5) is 0 Å². The molecule has 1 heterocycles. The first-order valence-electron chi connectivity index (χ1n) is 10.4. The Balaban J connectivity index is 1.60. The maximum Gasteiger partial charge on any atom is 0.258 e. The number of hydrogen-bond acceptors (Lipinski definition) is 4. The number of rotatable bonds is 9. The molecule has 1 unspecified atom stereocenters. The van der Waals surface area contributed by atoms with E-state index in [0.717, 1.165) is 30.2 Å². The standard InChI is InChI=1S/C24H32N2O3/c1-18(2)19-9-8-10-20(15-19)29-17-24(27)25-16-22(26-13-6-7-14-26)21-11-4-5-12-23(21)28-3/h4-5,8-12,15,18,22H,6-7,13-14,16-17H2,1-3H3,(H,25,27). The molecule has 1 amide bonds. The highest BCUT2D eigenvalue weighted by Crippen LogP contribution is 2.31. The number of benzene rings is 2. The van der Waals surface area contributed by atoms with Crippen LogP contribution in [0.25, 0.3) is 0 Å². The molecular formula is C24H32N2O3. The van der Waals surface area contributed by atoms with E-state index in [1.54, 1.807) is 7.11 Å². The van der Waals surface area contributed by atoms with Crippen molar-refractivity contribution in [3.05, 3.63) is 59.7 Å². The molecule has 1 N–H and O–H groups in total. The summed E-state index contributed by atoms with van der Waals surface area (Å²) in [6.45, 7) is 6.91. The van der Waals surface area contributed by atoms with Gasteiger partial charge in [-0.3, -0.25) is 9.69 Å². The van der Waals surface area contributed by atoms with Gasteiger partial charge in [-0.2, -0.15) is 0 Å². The van der Waals surface area contributed by atoms with Crippen molar-refractivity contribution in [2.45, 2.75) is 38.6 Å². The van der Waals surface area contributed by atoms with E-state index in [9.17, 15) is 4.79 Å². The summed E-state index contributed by atoms with van der Waals surface area (Å²) in [6, 6.07) is 16.1. The van der Waals surface area contributed by atoms with Crippen molar-refractivity contribution in [3.8, 4) is 11.5 Å². The van der Waals surface area contributed by atoms with Crippen LogP contribution in [-0.4, -0.2) is 44.2 Å². The molecule has 0 bridgehead atoms. The van der Waals surface area contributed by atoms with Crippen LogP contribution in [0.2, 0.25) is 0 Å². The van der Waals surface area contributed by atoms with Crippen molar-refractivity contribution in [1.29, 1.82) is 0 Å². The van der Waals surface area contributed by atoms with Crippen LogP contribution in [0.1, 0.15) is 49.8 Å². The Morgan fingerprint density at radius 2 is 1.86 bits per heavy atom. The largest absolute Gasteiger partial charge is 0.496 e. The number of para-hydroxylation sites is 1. The van der Waals surface area contributed by atoms with Crippen LogP contribution in [0.3, 0.4) is 0 Å². The summed E-state index contributed by atoms with van der Waals surface area (Å²) >= 11 is 0. The molecule has 1 fully saturated rings. The normalized spacial score (nSPS) is 15.3. The molecule has 1 aliphatic rings. The molecule has 5 heteroatoms.